The summed E-state index contributed by atoms with van der Waals surface area (Å²) in [6.45, 7) is 1.42. The largest absolute Gasteiger partial charge is 0.480 e. The summed E-state index contributed by atoms with van der Waals surface area (Å²) in [7, 11) is 0. The Hall–Kier alpha value is -3.93. The van der Waals surface area contributed by atoms with Gasteiger partial charge in [-0.3, -0.25) is 4.79 Å². The summed E-state index contributed by atoms with van der Waals surface area (Å²) in [5.74, 6) is -1.18. The lowest BCUT2D eigenvalue weighted by Gasteiger charge is -2.47. The fourth-order valence-corrected chi connectivity index (χ4v) is 5.83. The second-order valence-electron chi connectivity index (χ2n) is 12.1. The molecular weight excluding hydrogens is 610 g/mol. The number of carboxylic acids is 1. The number of aliphatic carboxylic acids is 1. The molecule has 4 aromatic rings. The Morgan fingerprint density at radius 3 is 1.46 bits per heavy atom. The molecule has 254 valence electrons. The number of aliphatic hydroxyl groups excluding tert-OH is 1. The molecule has 0 spiro atoms. The van der Waals surface area contributed by atoms with Gasteiger partial charge in [0.1, 0.15) is 30.5 Å². The monoisotopic (exact) mass is 655 g/mol. The van der Waals surface area contributed by atoms with E-state index in [4.69, 9.17) is 29.4 Å². The van der Waals surface area contributed by atoms with Crippen molar-refractivity contribution in [2.24, 2.45) is 5.73 Å². The molecule has 0 unspecified atom stereocenters. The van der Waals surface area contributed by atoms with Crippen LogP contribution in [0.1, 0.15) is 35.1 Å². The topological polar surface area (TPSA) is 130 Å². The standard InChI is InChI=1S/C39H45NO8/c40-33(39(42)43)21-32(41)22-34-36(45-24-29-15-7-2-8-16-29)38(47-26-31-19-11-4-12-20-31)37(46-25-30-17-9-3-10-18-30)35(48-34)27-44-23-28-13-5-1-6-14-28/h1-20,32-38,41H,21-27,40H2,(H,42,43)/t32-,33-,34-,35+,36-,37+,38+/m0/s1. The summed E-state index contributed by atoms with van der Waals surface area (Å²) < 4.78 is 32.9. The van der Waals surface area contributed by atoms with E-state index in [1.54, 1.807) is 0 Å². The van der Waals surface area contributed by atoms with Gasteiger partial charge in [0.2, 0.25) is 0 Å². The lowest BCUT2D eigenvalue weighted by atomic mass is 9.90. The molecule has 4 N–H and O–H groups in total. The third-order valence-corrected chi connectivity index (χ3v) is 8.33. The summed E-state index contributed by atoms with van der Waals surface area (Å²) in [5, 5.41) is 20.5. The highest BCUT2D eigenvalue weighted by molar-refractivity contribution is 5.73. The molecule has 0 bridgehead atoms. The molecule has 4 aromatic carbocycles. The van der Waals surface area contributed by atoms with Gasteiger partial charge in [-0.05, 0) is 28.7 Å². The van der Waals surface area contributed by atoms with Gasteiger partial charge in [-0.25, -0.2) is 0 Å². The van der Waals surface area contributed by atoms with Crippen molar-refractivity contribution in [1.82, 2.24) is 0 Å². The van der Waals surface area contributed by atoms with Crippen molar-refractivity contribution < 1.29 is 38.7 Å². The van der Waals surface area contributed by atoms with Crippen LogP contribution in [0.2, 0.25) is 0 Å². The summed E-state index contributed by atoms with van der Waals surface area (Å²) in [6, 6.07) is 38.2. The normalized spacial score (nSPS) is 22.2. The molecule has 0 radical (unpaired) electrons. The van der Waals surface area contributed by atoms with Crippen molar-refractivity contribution in [2.45, 2.75) is 81.9 Å². The van der Waals surface area contributed by atoms with Crippen LogP contribution in [-0.2, 0) is 54.9 Å². The van der Waals surface area contributed by atoms with Crippen LogP contribution in [0.5, 0.6) is 0 Å². The van der Waals surface area contributed by atoms with E-state index in [1.807, 2.05) is 121 Å². The minimum Gasteiger partial charge on any atom is -0.480 e. The van der Waals surface area contributed by atoms with Gasteiger partial charge in [0.25, 0.3) is 0 Å². The molecule has 1 fully saturated rings. The second kappa shape index (κ2) is 18.6. The average Bonchev–Trinajstić information content (AvgIpc) is 3.11. The van der Waals surface area contributed by atoms with Crippen LogP contribution in [-0.4, -0.2) is 65.5 Å². The van der Waals surface area contributed by atoms with Gasteiger partial charge in [0.15, 0.2) is 0 Å². The predicted molar refractivity (Wildman–Crippen MR) is 181 cm³/mol. The number of hydrogen-bond acceptors (Lipinski definition) is 8. The van der Waals surface area contributed by atoms with E-state index in [0.29, 0.717) is 19.8 Å². The quantitative estimate of drug-likeness (QED) is 0.131. The number of ether oxygens (including phenoxy) is 5. The molecule has 0 saturated carbocycles. The SMILES string of the molecule is N[C@@H](C[C@H](O)C[C@@H]1O[C@H](COCc2ccccc2)[C@@H](OCc2ccccc2)[C@H](OCc2ccccc2)[C@H]1OCc1ccccc1)C(=O)O. The van der Waals surface area contributed by atoms with E-state index >= 15 is 0 Å². The van der Waals surface area contributed by atoms with Crippen molar-refractivity contribution in [1.29, 1.82) is 0 Å². The van der Waals surface area contributed by atoms with E-state index < -0.39 is 48.6 Å². The van der Waals surface area contributed by atoms with Gasteiger partial charge in [-0.15, -0.1) is 0 Å². The van der Waals surface area contributed by atoms with Crippen molar-refractivity contribution in [3.05, 3.63) is 144 Å². The first-order chi connectivity index (χ1) is 23.5. The minimum absolute atomic E-state index is 0.0756. The Kier molecular flexibility index (Phi) is 13.7. The van der Waals surface area contributed by atoms with Crippen molar-refractivity contribution in [3.63, 3.8) is 0 Å². The van der Waals surface area contributed by atoms with E-state index in [2.05, 4.69) is 0 Å². The Balaban J connectivity index is 1.45. The highest BCUT2D eigenvalue weighted by Gasteiger charge is 2.49. The Morgan fingerprint density at radius 1 is 0.625 bits per heavy atom. The van der Waals surface area contributed by atoms with E-state index in [0.717, 1.165) is 22.3 Å². The van der Waals surface area contributed by atoms with Crippen LogP contribution in [0.15, 0.2) is 121 Å². The van der Waals surface area contributed by atoms with E-state index in [-0.39, 0.29) is 26.1 Å². The van der Waals surface area contributed by atoms with Gasteiger partial charge in [0.05, 0.1) is 45.2 Å². The molecule has 48 heavy (non-hydrogen) atoms. The summed E-state index contributed by atoms with van der Waals surface area (Å²) in [4.78, 5) is 11.5. The number of hydrogen-bond donors (Lipinski definition) is 3. The summed E-state index contributed by atoms with van der Waals surface area (Å²) >= 11 is 0. The highest BCUT2D eigenvalue weighted by atomic mass is 16.6. The minimum atomic E-state index is -1.22. The Bertz CT molecular complexity index is 1480. The van der Waals surface area contributed by atoms with Crippen LogP contribution in [0, 0.1) is 0 Å². The smallest absolute Gasteiger partial charge is 0.320 e. The van der Waals surface area contributed by atoms with Gasteiger partial charge < -0.3 is 39.6 Å². The number of nitrogens with two attached hydrogens (primary N) is 1. The van der Waals surface area contributed by atoms with Crippen LogP contribution in [0.4, 0.5) is 0 Å². The van der Waals surface area contributed by atoms with Crippen molar-refractivity contribution in [3.8, 4) is 0 Å². The Labute approximate surface area is 282 Å². The molecule has 5 rings (SSSR count). The van der Waals surface area contributed by atoms with E-state index in [1.165, 1.54) is 0 Å². The average molecular weight is 656 g/mol. The molecule has 0 amide bonds. The maximum atomic E-state index is 11.5. The Morgan fingerprint density at radius 2 is 1.02 bits per heavy atom. The molecule has 7 atom stereocenters. The number of carbonyl (C=O) groups is 1. The zero-order valence-electron chi connectivity index (χ0n) is 27.0. The number of benzene rings is 4. The third kappa shape index (κ3) is 10.8. The van der Waals surface area contributed by atoms with Gasteiger partial charge >= 0.3 is 5.97 Å². The predicted octanol–water partition coefficient (Wildman–Crippen LogP) is 5.28. The van der Waals surface area contributed by atoms with E-state index in [9.17, 15) is 15.0 Å². The molecular formula is C39H45NO8. The summed E-state index contributed by atoms with van der Waals surface area (Å²) in [6.07, 6.45) is -4.34. The molecule has 9 nitrogen and oxygen atoms in total. The third-order valence-electron chi connectivity index (χ3n) is 8.33. The van der Waals surface area contributed by atoms with Gasteiger partial charge in [-0.2, -0.15) is 0 Å². The molecule has 1 saturated heterocycles. The maximum absolute atomic E-state index is 11.5. The van der Waals surface area contributed by atoms with Crippen LogP contribution in [0.25, 0.3) is 0 Å². The lowest BCUT2D eigenvalue weighted by molar-refractivity contribution is -0.276. The lowest BCUT2D eigenvalue weighted by Crippen LogP contribution is -2.61. The fourth-order valence-electron chi connectivity index (χ4n) is 5.83. The molecule has 9 heteroatoms. The summed E-state index contributed by atoms with van der Waals surface area (Å²) in [5.41, 5.74) is 9.75. The first-order valence-electron chi connectivity index (χ1n) is 16.4. The zero-order valence-corrected chi connectivity index (χ0v) is 27.0. The van der Waals surface area contributed by atoms with Gasteiger partial charge in [-0.1, -0.05) is 121 Å². The molecule has 0 aromatic heterocycles. The van der Waals surface area contributed by atoms with Crippen molar-refractivity contribution in [2.75, 3.05) is 6.61 Å². The fraction of sp³-hybridized carbons (Fsp3) is 0.359. The van der Waals surface area contributed by atoms with Crippen molar-refractivity contribution >= 4 is 5.97 Å². The van der Waals surface area contributed by atoms with Gasteiger partial charge in [0, 0.05) is 6.42 Å². The molecule has 0 aliphatic carbocycles. The van der Waals surface area contributed by atoms with Crippen LogP contribution in [0.3, 0.4) is 0 Å². The molecule has 1 aliphatic rings. The maximum Gasteiger partial charge on any atom is 0.320 e. The highest BCUT2D eigenvalue weighted by Crippen LogP contribution is 2.33. The number of aliphatic hydroxyl groups is 1. The first-order valence-corrected chi connectivity index (χ1v) is 16.4. The van der Waals surface area contributed by atoms with Crippen LogP contribution < -0.4 is 5.73 Å². The first kappa shape index (κ1) is 35.4. The molecule has 1 heterocycles. The van der Waals surface area contributed by atoms with Crippen LogP contribution >= 0.6 is 0 Å². The number of carboxylic acid groups (broad SMARTS) is 1. The number of rotatable bonds is 18. The zero-order chi connectivity index (χ0) is 33.6. The second-order valence-corrected chi connectivity index (χ2v) is 12.1. The molecule has 1 aliphatic heterocycles.